The van der Waals surface area contributed by atoms with E-state index in [9.17, 15) is 0 Å². The summed E-state index contributed by atoms with van der Waals surface area (Å²) in [5.74, 6) is 0. The summed E-state index contributed by atoms with van der Waals surface area (Å²) in [7, 11) is 0. The van der Waals surface area contributed by atoms with Crippen LogP contribution in [0.15, 0.2) is 152 Å². The predicted octanol–water partition coefficient (Wildman–Crippen LogP) is 8.90. The smallest absolute Gasteiger partial charge is 0.190 e. The summed E-state index contributed by atoms with van der Waals surface area (Å²) < 4.78 is 10.3. The Morgan fingerprint density at radius 2 is 1.33 bits per heavy atom. The zero-order chi connectivity index (χ0) is 32.0. The molecule has 6 heterocycles. The van der Waals surface area contributed by atoms with Crippen molar-refractivity contribution in [1.29, 1.82) is 0 Å². The van der Waals surface area contributed by atoms with Crippen molar-refractivity contribution < 1.29 is 13.7 Å². The molecule has 4 aromatic carbocycles. The number of fused-ring (bicyclic) bond motifs is 9. The van der Waals surface area contributed by atoms with Crippen molar-refractivity contribution in [2.75, 3.05) is 0 Å². The van der Waals surface area contributed by atoms with Gasteiger partial charge >= 0.3 is 5.54 Å². The van der Waals surface area contributed by atoms with E-state index in [-0.39, 0.29) is 6.04 Å². The molecule has 4 aromatic heterocycles. The van der Waals surface area contributed by atoms with E-state index < -0.39 is 5.54 Å². The topological polar surface area (TPSA) is 11.6 Å². The van der Waals surface area contributed by atoms with E-state index in [1.807, 2.05) is 11.3 Å². The Bertz CT molecular complexity index is 2550. The van der Waals surface area contributed by atoms with E-state index in [0.29, 0.717) is 0 Å². The number of pyridine rings is 3. The van der Waals surface area contributed by atoms with Crippen molar-refractivity contribution in [3.63, 3.8) is 0 Å². The molecule has 0 N–H and O–H groups in total. The van der Waals surface area contributed by atoms with Crippen LogP contribution in [0.2, 0.25) is 0 Å². The highest BCUT2D eigenvalue weighted by Gasteiger charge is 2.66. The van der Waals surface area contributed by atoms with Gasteiger partial charge < -0.3 is 0 Å². The van der Waals surface area contributed by atoms with E-state index in [4.69, 9.17) is 0 Å². The highest BCUT2D eigenvalue weighted by molar-refractivity contribution is 7.25. The second-order valence-electron chi connectivity index (χ2n) is 13.4. The monoisotopic (exact) mass is 636 g/mol. The maximum absolute atomic E-state index is 2.62. The van der Waals surface area contributed by atoms with Gasteiger partial charge in [0.2, 0.25) is 23.6 Å². The predicted molar refractivity (Wildman–Crippen MR) is 194 cm³/mol. The first-order valence-corrected chi connectivity index (χ1v) is 17.6. The molecular weight excluding hydrogens is 603 g/mol. The Morgan fingerprint density at radius 3 is 2.23 bits per heavy atom. The molecule has 0 saturated heterocycles. The molecule has 8 aromatic rings. The van der Waals surface area contributed by atoms with Crippen LogP contribution in [0, 0.1) is 13.8 Å². The minimum atomic E-state index is -0.529. The van der Waals surface area contributed by atoms with Crippen LogP contribution < -0.4 is 13.7 Å². The molecule has 0 fully saturated rings. The number of rotatable bonds is 3. The normalized spacial score (nSPS) is 17.6. The molecule has 0 saturated carbocycles. The zero-order valence-electron chi connectivity index (χ0n) is 27.0. The van der Waals surface area contributed by atoms with Crippen molar-refractivity contribution in [1.82, 2.24) is 0 Å². The lowest BCUT2D eigenvalue weighted by Crippen LogP contribution is -2.73. The molecule has 0 amide bonds. The number of hydrogen-bond acceptors (Lipinski definition) is 1. The number of hydrogen-bond donors (Lipinski definition) is 0. The minimum absolute atomic E-state index is 0.00685. The molecule has 2 unspecified atom stereocenters. The molecule has 2 aliphatic rings. The summed E-state index contributed by atoms with van der Waals surface area (Å²) in [5, 5.41) is 2.66. The quantitative estimate of drug-likeness (QED) is 0.172. The molecule has 0 spiro atoms. The summed E-state index contributed by atoms with van der Waals surface area (Å²) >= 11 is 1.91. The van der Waals surface area contributed by atoms with Gasteiger partial charge in [0.25, 0.3) is 6.04 Å². The Balaban J connectivity index is 1.41. The fourth-order valence-electron chi connectivity index (χ4n) is 8.65. The lowest BCUT2D eigenvalue weighted by atomic mass is 9.73. The number of aryl methyl sites for hydroxylation is 2. The molecular formula is C44H34N3S+3. The van der Waals surface area contributed by atoms with Crippen molar-refractivity contribution in [2.45, 2.75) is 32.0 Å². The first-order chi connectivity index (χ1) is 23.6. The molecule has 0 aliphatic carbocycles. The average molecular weight is 637 g/mol. The Labute approximate surface area is 284 Å². The fourth-order valence-corrected chi connectivity index (χ4v) is 9.78. The lowest BCUT2D eigenvalue weighted by molar-refractivity contribution is -0.866. The maximum Gasteiger partial charge on any atom is 0.318 e. The van der Waals surface area contributed by atoms with Gasteiger partial charge in [-0.3, -0.25) is 0 Å². The van der Waals surface area contributed by atoms with Gasteiger partial charge in [-0.25, -0.2) is 0 Å². The average Bonchev–Trinajstić information content (AvgIpc) is 3.67. The number of aromatic nitrogens is 3. The van der Waals surface area contributed by atoms with Crippen LogP contribution in [0.5, 0.6) is 0 Å². The van der Waals surface area contributed by atoms with Gasteiger partial charge in [0, 0.05) is 67.7 Å². The number of nitrogens with zero attached hydrogens (tertiary/aromatic N) is 3. The van der Waals surface area contributed by atoms with E-state index >= 15 is 0 Å². The minimum Gasteiger partial charge on any atom is -0.190 e. The van der Waals surface area contributed by atoms with Crippen LogP contribution in [0.4, 0.5) is 0 Å². The summed E-state index contributed by atoms with van der Waals surface area (Å²) in [5.41, 5.74) is 12.3. The van der Waals surface area contributed by atoms with E-state index in [2.05, 4.69) is 180 Å². The molecule has 48 heavy (non-hydrogen) atoms. The molecule has 0 radical (unpaired) electrons. The largest absolute Gasteiger partial charge is 0.318 e. The van der Waals surface area contributed by atoms with Gasteiger partial charge in [-0.15, -0.1) is 11.3 Å². The van der Waals surface area contributed by atoms with E-state index in [1.54, 1.807) is 0 Å². The summed E-state index contributed by atoms with van der Waals surface area (Å²) in [4.78, 5) is 0. The second-order valence-corrected chi connectivity index (χ2v) is 14.5. The maximum atomic E-state index is 2.62. The first kappa shape index (κ1) is 27.6. The van der Waals surface area contributed by atoms with Gasteiger partial charge in [-0.2, -0.15) is 13.7 Å². The summed E-state index contributed by atoms with van der Waals surface area (Å²) in [6.45, 7) is 5.22. The number of thiophene rings is 1. The standard InChI is InChI=1S/C44H34N3S/c1-29-21-24-45-28-44(47-23-12-10-19-39(47)31-14-4-3-13-30(31)2,43-34-17-6-5-15-32(34)38-18-9-11-22-46(38)43)37-27-42-35(26-36(37)40(45)25-29)33-16-7-8-20-41(33)48-42/h3-27,43H,28H2,1-2H3/q+3. The fraction of sp³-hybridized carbons (Fsp3) is 0.114. The highest BCUT2D eigenvalue weighted by atomic mass is 32.1. The SMILES string of the molecule is Cc1cc[n+]2c(c1)-c1cc3c(cc1C(C1c4ccccc4-c4cccc[n+]41)([n+]1ccccc1-c1ccccc1C)C2)sc1ccccc13. The van der Waals surface area contributed by atoms with Crippen LogP contribution >= 0.6 is 11.3 Å². The molecule has 2 aliphatic heterocycles. The Hall–Kier alpha value is -5.45. The summed E-state index contributed by atoms with van der Waals surface area (Å²) in [6, 6.07) is 49.8. The second kappa shape index (κ2) is 10.3. The molecule has 3 nitrogen and oxygen atoms in total. The van der Waals surface area contributed by atoms with Crippen molar-refractivity contribution in [3.8, 4) is 33.8 Å². The summed E-state index contributed by atoms with van der Waals surface area (Å²) in [6.07, 6.45) is 6.95. The van der Waals surface area contributed by atoms with Gasteiger partial charge in [-0.05, 0) is 67.4 Å². The Kier molecular flexibility index (Phi) is 5.92. The van der Waals surface area contributed by atoms with E-state index in [0.717, 1.165) is 6.54 Å². The Morgan fingerprint density at radius 1 is 0.583 bits per heavy atom. The van der Waals surface area contributed by atoms with Crippen LogP contribution in [0.1, 0.15) is 28.3 Å². The van der Waals surface area contributed by atoms with Crippen LogP contribution in [0.25, 0.3) is 53.9 Å². The third kappa shape index (κ3) is 3.78. The lowest BCUT2D eigenvalue weighted by Gasteiger charge is -2.34. The van der Waals surface area contributed by atoms with Crippen molar-refractivity contribution >= 4 is 31.5 Å². The third-order valence-corrected chi connectivity index (χ3v) is 11.9. The van der Waals surface area contributed by atoms with Gasteiger partial charge in [0.1, 0.15) is 0 Å². The van der Waals surface area contributed by atoms with Crippen LogP contribution in [0.3, 0.4) is 0 Å². The van der Waals surface area contributed by atoms with Crippen molar-refractivity contribution in [2.24, 2.45) is 0 Å². The third-order valence-electron chi connectivity index (χ3n) is 10.7. The highest BCUT2D eigenvalue weighted by Crippen LogP contribution is 2.50. The number of benzene rings is 4. The van der Waals surface area contributed by atoms with Gasteiger partial charge in [0.05, 0.1) is 16.7 Å². The first-order valence-electron chi connectivity index (χ1n) is 16.7. The van der Waals surface area contributed by atoms with Gasteiger partial charge in [-0.1, -0.05) is 54.6 Å². The molecule has 10 rings (SSSR count). The molecule has 228 valence electrons. The van der Waals surface area contributed by atoms with Crippen molar-refractivity contribution in [3.05, 3.63) is 174 Å². The van der Waals surface area contributed by atoms with Crippen LogP contribution in [-0.2, 0) is 12.1 Å². The van der Waals surface area contributed by atoms with E-state index in [1.165, 1.54) is 76.2 Å². The molecule has 2 atom stereocenters. The molecule has 4 heteroatoms. The van der Waals surface area contributed by atoms with Gasteiger partial charge in [0.15, 0.2) is 18.6 Å². The molecule has 0 bridgehead atoms. The van der Waals surface area contributed by atoms with Crippen LogP contribution in [-0.4, -0.2) is 0 Å². The zero-order valence-corrected chi connectivity index (χ0v) is 27.8.